The van der Waals surface area contributed by atoms with Crippen molar-refractivity contribution in [3.05, 3.63) is 0 Å². The zero-order valence-corrected chi connectivity index (χ0v) is 9.92. The maximum atomic E-state index is 5.70. The Morgan fingerprint density at radius 3 is 2.36 bits per heavy atom. The molecule has 0 rings (SSSR count). The monoisotopic (exact) mass is 199 g/mol. The van der Waals surface area contributed by atoms with Gasteiger partial charge in [-0.15, -0.1) is 0 Å². The predicted molar refractivity (Wildman–Crippen MR) is 63.8 cm³/mol. The van der Waals surface area contributed by atoms with Gasteiger partial charge in [-0.3, -0.25) is 4.99 Å². The van der Waals surface area contributed by atoms with Crippen LogP contribution in [0.5, 0.6) is 0 Å². The van der Waals surface area contributed by atoms with Crippen LogP contribution in [0, 0.1) is 0 Å². The minimum absolute atomic E-state index is 0.812. The molecule has 14 heavy (non-hydrogen) atoms. The number of nitrogens with zero attached hydrogens (tertiary/aromatic N) is 2. The van der Waals surface area contributed by atoms with Crippen LogP contribution in [0.1, 0.15) is 40.0 Å². The Kier molecular flexibility index (Phi) is 8.64. The predicted octanol–water partition coefficient (Wildman–Crippen LogP) is 1.88. The molecule has 0 aromatic carbocycles. The Morgan fingerprint density at radius 2 is 1.86 bits per heavy atom. The second-order valence-corrected chi connectivity index (χ2v) is 3.50. The highest BCUT2D eigenvalue weighted by molar-refractivity contribution is 5.80. The van der Waals surface area contributed by atoms with Crippen LogP contribution >= 0.6 is 0 Å². The Bertz CT molecular complexity index is 151. The van der Waals surface area contributed by atoms with E-state index in [1.807, 2.05) is 0 Å². The molecular formula is C11H25N3. The first-order chi connectivity index (χ1) is 6.74. The van der Waals surface area contributed by atoms with Crippen molar-refractivity contribution >= 4 is 5.84 Å². The molecule has 0 saturated heterocycles. The number of nitrogens with two attached hydrogens (primary N) is 1. The van der Waals surface area contributed by atoms with Gasteiger partial charge in [-0.05, 0) is 32.5 Å². The summed E-state index contributed by atoms with van der Waals surface area (Å²) < 4.78 is 0. The zero-order valence-electron chi connectivity index (χ0n) is 9.92. The Labute approximate surface area is 88.4 Å². The molecule has 0 aliphatic heterocycles. The molecule has 0 spiro atoms. The first-order valence-electron chi connectivity index (χ1n) is 5.75. The van der Waals surface area contributed by atoms with Crippen LogP contribution in [-0.2, 0) is 0 Å². The van der Waals surface area contributed by atoms with Crippen molar-refractivity contribution in [2.45, 2.75) is 40.0 Å². The molecule has 0 aromatic rings. The van der Waals surface area contributed by atoms with Crippen molar-refractivity contribution in [1.82, 2.24) is 4.90 Å². The lowest BCUT2D eigenvalue weighted by Gasteiger charge is -2.16. The fraction of sp³-hybridized carbons (Fsp3) is 0.909. The highest BCUT2D eigenvalue weighted by Gasteiger charge is 1.97. The third-order valence-electron chi connectivity index (χ3n) is 2.35. The fourth-order valence-corrected chi connectivity index (χ4v) is 1.39. The first kappa shape index (κ1) is 13.4. The van der Waals surface area contributed by atoms with Gasteiger partial charge >= 0.3 is 0 Å². The van der Waals surface area contributed by atoms with Crippen molar-refractivity contribution < 1.29 is 0 Å². The maximum absolute atomic E-state index is 5.70. The summed E-state index contributed by atoms with van der Waals surface area (Å²) >= 11 is 0. The van der Waals surface area contributed by atoms with Crippen molar-refractivity contribution in [2.75, 3.05) is 26.2 Å². The van der Waals surface area contributed by atoms with E-state index in [0.29, 0.717) is 0 Å². The summed E-state index contributed by atoms with van der Waals surface area (Å²) in [5.41, 5.74) is 5.70. The largest absolute Gasteiger partial charge is 0.387 e. The molecule has 0 aliphatic carbocycles. The highest BCUT2D eigenvalue weighted by atomic mass is 15.1. The summed E-state index contributed by atoms with van der Waals surface area (Å²) in [6, 6.07) is 0. The van der Waals surface area contributed by atoms with Gasteiger partial charge in [-0.2, -0.15) is 0 Å². The van der Waals surface area contributed by atoms with Crippen molar-refractivity contribution in [1.29, 1.82) is 0 Å². The lowest BCUT2D eigenvalue weighted by Crippen LogP contribution is -2.24. The maximum Gasteiger partial charge on any atom is 0.0936 e. The summed E-state index contributed by atoms with van der Waals surface area (Å²) in [6.07, 6.45) is 3.14. The third kappa shape index (κ3) is 6.89. The van der Waals surface area contributed by atoms with Gasteiger partial charge in [0.05, 0.1) is 5.84 Å². The number of amidine groups is 1. The van der Waals surface area contributed by atoms with E-state index in [4.69, 9.17) is 5.73 Å². The van der Waals surface area contributed by atoms with Gasteiger partial charge in [0.1, 0.15) is 0 Å². The van der Waals surface area contributed by atoms with E-state index in [1.165, 1.54) is 0 Å². The van der Waals surface area contributed by atoms with Crippen molar-refractivity contribution in [3.8, 4) is 0 Å². The van der Waals surface area contributed by atoms with E-state index in [2.05, 4.69) is 30.7 Å². The first-order valence-corrected chi connectivity index (χ1v) is 5.75. The zero-order chi connectivity index (χ0) is 10.8. The quantitative estimate of drug-likeness (QED) is 0.368. The summed E-state index contributed by atoms with van der Waals surface area (Å²) in [4.78, 5) is 6.73. The molecule has 0 heterocycles. The van der Waals surface area contributed by atoms with Gasteiger partial charge in [0, 0.05) is 13.0 Å². The molecule has 0 amide bonds. The van der Waals surface area contributed by atoms with Crippen LogP contribution in [0.25, 0.3) is 0 Å². The molecule has 0 aliphatic rings. The molecule has 3 nitrogen and oxygen atoms in total. The van der Waals surface area contributed by atoms with Gasteiger partial charge in [-0.1, -0.05) is 20.8 Å². The second kappa shape index (κ2) is 9.00. The lowest BCUT2D eigenvalue weighted by atomic mass is 10.3. The van der Waals surface area contributed by atoms with Crippen LogP contribution < -0.4 is 5.73 Å². The number of aliphatic imine (C=N–C) groups is 1. The van der Waals surface area contributed by atoms with Gasteiger partial charge in [0.25, 0.3) is 0 Å². The third-order valence-corrected chi connectivity index (χ3v) is 2.35. The molecule has 0 fully saturated rings. The minimum atomic E-state index is 0.812. The van der Waals surface area contributed by atoms with Crippen LogP contribution in [0.3, 0.4) is 0 Å². The molecule has 84 valence electrons. The highest BCUT2D eigenvalue weighted by Crippen LogP contribution is 1.92. The second-order valence-electron chi connectivity index (χ2n) is 3.50. The molecule has 0 saturated carbocycles. The molecule has 3 heteroatoms. The Hall–Kier alpha value is -0.570. The standard InChI is InChI=1S/C11H25N3/c1-4-8-11(12)13-9-7-10-14(5-2)6-3/h4-10H2,1-3H3,(H2,12,13). The molecule has 2 N–H and O–H groups in total. The SMILES string of the molecule is CCCC(N)=NCCCN(CC)CC. The average molecular weight is 199 g/mol. The van der Waals surface area contributed by atoms with E-state index >= 15 is 0 Å². The minimum Gasteiger partial charge on any atom is -0.387 e. The van der Waals surface area contributed by atoms with E-state index in [1.54, 1.807) is 0 Å². The van der Waals surface area contributed by atoms with Gasteiger partial charge in [-0.25, -0.2) is 0 Å². The Morgan fingerprint density at radius 1 is 1.21 bits per heavy atom. The summed E-state index contributed by atoms with van der Waals surface area (Å²) in [7, 11) is 0. The van der Waals surface area contributed by atoms with E-state index in [9.17, 15) is 0 Å². The van der Waals surface area contributed by atoms with Gasteiger partial charge in [0.15, 0.2) is 0 Å². The van der Waals surface area contributed by atoms with E-state index in [-0.39, 0.29) is 0 Å². The smallest absolute Gasteiger partial charge is 0.0936 e. The summed E-state index contributed by atoms with van der Waals surface area (Å²) in [5.74, 6) is 0.812. The van der Waals surface area contributed by atoms with E-state index in [0.717, 1.165) is 51.3 Å². The average Bonchev–Trinajstić information content (AvgIpc) is 2.19. The van der Waals surface area contributed by atoms with Gasteiger partial charge in [0.2, 0.25) is 0 Å². The van der Waals surface area contributed by atoms with Crippen molar-refractivity contribution in [2.24, 2.45) is 10.7 Å². The van der Waals surface area contributed by atoms with E-state index < -0.39 is 0 Å². The summed E-state index contributed by atoms with van der Waals surface area (Å²) in [6.45, 7) is 10.8. The van der Waals surface area contributed by atoms with Crippen molar-refractivity contribution in [3.63, 3.8) is 0 Å². The molecule has 0 aromatic heterocycles. The Balaban J connectivity index is 3.48. The fourth-order valence-electron chi connectivity index (χ4n) is 1.39. The number of hydrogen-bond donors (Lipinski definition) is 1. The lowest BCUT2D eigenvalue weighted by molar-refractivity contribution is 0.302. The molecule has 0 unspecified atom stereocenters. The van der Waals surface area contributed by atoms with Crippen LogP contribution in [0.15, 0.2) is 4.99 Å². The number of hydrogen-bond acceptors (Lipinski definition) is 2. The van der Waals surface area contributed by atoms with Crippen LogP contribution in [0.2, 0.25) is 0 Å². The van der Waals surface area contributed by atoms with Gasteiger partial charge < -0.3 is 10.6 Å². The van der Waals surface area contributed by atoms with Crippen LogP contribution in [0.4, 0.5) is 0 Å². The molecular weight excluding hydrogens is 174 g/mol. The molecule has 0 radical (unpaired) electrons. The molecule has 0 atom stereocenters. The van der Waals surface area contributed by atoms with Crippen LogP contribution in [-0.4, -0.2) is 36.9 Å². The molecule has 0 bridgehead atoms. The number of rotatable bonds is 8. The normalized spacial score (nSPS) is 12.4. The summed E-state index contributed by atoms with van der Waals surface area (Å²) in [5, 5.41) is 0. The topological polar surface area (TPSA) is 41.6 Å².